The number of halogens is 1. The fourth-order valence-electron chi connectivity index (χ4n) is 3.55. The highest BCUT2D eigenvalue weighted by molar-refractivity contribution is 6.30. The lowest BCUT2D eigenvalue weighted by atomic mass is 10.2. The molecule has 2 heterocycles. The fraction of sp³-hybridized carbons (Fsp3) is 0.292. The molecule has 0 spiro atoms. The summed E-state index contributed by atoms with van der Waals surface area (Å²) in [5.41, 5.74) is 1.69. The summed E-state index contributed by atoms with van der Waals surface area (Å²) in [5.74, 6) is 2.41. The molecule has 4 rings (SSSR count). The van der Waals surface area contributed by atoms with E-state index < -0.39 is 0 Å². The van der Waals surface area contributed by atoms with Crippen molar-refractivity contribution < 1.29 is 18.8 Å². The number of ether oxygens (including phenoxy) is 2. The molecule has 1 aliphatic heterocycles. The molecular formula is C24H25ClN4O4. The molecule has 0 aliphatic carbocycles. The van der Waals surface area contributed by atoms with Crippen molar-refractivity contribution in [2.45, 2.75) is 6.54 Å². The van der Waals surface area contributed by atoms with Crippen molar-refractivity contribution in [3.05, 3.63) is 65.0 Å². The Hall–Kier alpha value is -3.36. The van der Waals surface area contributed by atoms with Crippen LogP contribution in [-0.2, 0) is 11.3 Å². The van der Waals surface area contributed by atoms with Crippen LogP contribution >= 0.6 is 11.6 Å². The molecule has 1 fully saturated rings. The van der Waals surface area contributed by atoms with Crippen LogP contribution in [0.2, 0.25) is 5.02 Å². The Kier molecular flexibility index (Phi) is 7.26. The fourth-order valence-corrected chi connectivity index (χ4v) is 3.68. The second-order valence-electron chi connectivity index (χ2n) is 7.60. The Morgan fingerprint density at radius 2 is 1.73 bits per heavy atom. The first-order valence-corrected chi connectivity index (χ1v) is 10.9. The minimum absolute atomic E-state index is 0.0285. The van der Waals surface area contributed by atoms with Crippen LogP contribution in [0, 0.1) is 0 Å². The predicted molar refractivity (Wildman–Crippen MR) is 125 cm³/mol. The average molecular weight is 469 g/mol. The van der Waals surface area contributed by atoms with Crippen LogP contribution in [0.5, 0.6) is 11.5 Å². The number of aromatic nitrogens is 2. The topological polar surface area (TPSA) is 80.9 Å². The summed E-state index contributed by atoms with van der Waals surface area (Å²) in [7, 11) is 3.19. The number of hydrogen-bond donors (Lipinski definition) is 0. The highest BCUT2D eigenvalue weighted by Gasteiger charge is 2.21. The summed E-state index contributed by atoms with van der Waals surface area (Å²) in [6, 6.07) is 12.8. The van der Waals surface area contributed by atoms with Crippen molar-refractivity contribution in [2.75, 3.05) is 40.4 Å². The van der Waals surface area contributed by atoms with Crippen molar-refractivity contribution in [3.63, 3.8) is 0 Å². The monoisotopic (exact) mass is 468 g/mol. The molecule has 1 aromatic heterocycles. The van der Waals surface area contributed by atoms with Crippen LogP contribution in [-0.4, -0.2) is 66.2 Å². The first-order chi connectivity index (χ1) is 16.0. The van der Waals surface area contributed by atoms with Crippen molar-refractivity contribution in [2.24, 2.45) is 0 Å². The van der Waals surface area contributed by atoms with E-state index >= 15 is 0 Å². The molecule has 172 valence electrons. The summed E-state index contributed by atoms with van der Waals surface area (Å²) >= 11 is 5.93. The number of carbonyl (C=O) groups is 1. The highest BCUT2D eigenvalue weighted by atomic mass is 35.5. The molecule has 3 aromatic rings. The van der Waals surface area contributed by atoms with E-state index in [0.717, 1.165) is 24.2 Å². The van der Waals surface area contributed by atoms with Gasteiger partial charge in [-0.25, -0.2) is 0 Å². The largest absolute Gasteiger partial charge is 0.497 e. The Balaban J connectivity index is 1.29. The molecular weight excluding hydrogens is 444 g/mol. The predicted octanol–water partition coefficient (Wildman–Crippen LogP) is 3.76. The summed E-state index contributed by atoms with van der Waals surface area (Å²) in [4.78, 5) is 21.1. The van der Waals surface area contributed by atoms with Crippen LogP contribution < -0.4 is 9.47 Å². The van der Waals surface area contributed by atoms with Gasteiger partial charge in [0.1, 0.15) is 11.5 Å². The van der Waals surface area contributed by atoms with E-state index in [-0.39, 0.29) is 5.91 Å². The van der Waals surface area contributed by atoms with Crippen molar-refractivity contribution in [3.8, 4) is 22.9 Å². The van der Waals surface area contributed by atoms with E-state index in [2.05, 4.69) is 15.0 Å². The van der Waals surface area contributed by atoms with Gasteiger partial charge in [0, 0.05) is 48.9 Å². The quantitative estimate of drug-likeness (QED) is 0.488. The molecule has 2 aromatic carbocycles. The molecule has 0 unspecified atom stereocenters. The molecule has 0 N–H and O–H groups in total. The molecule has 0 atom stereocenters. The van der Waals surface area contributed by atoms with Gasteiger partial charge in [-0.3, -0.25) is 9.69 Å². The first-order valence-electron chi connectivity index (χ1n) is 10.5. The van der Waals surface area contributed by atoms with Crippen LogP contribution in [0.15, 0.2) is 53.1 Å². The van der Waals surface area contributed by atoms with Gasteiger partial charge < -0.3 is 18.9 Å². The van der Waals surface area contributed by atoms with Gasteiger partial charge in [-0.2, -0.15) is 4.98 Å². The van der Waals surface area contributed by atoms with E-state index in [4.69, 9.17) is 25.6 Å². The molecule has 1 aliphatic rings. The summed E-state index contributed by atoms with van der Waals surface area (Å²) in [5, 5.41) is 4.72. The number of piperazine rings is 1. The normalized spacial score (nSPS) is 14.6. The summed E-state index contributed by atoms with van der Waals surface area (Å²) in [6.07, 6.45) is 3.36. The number of amides is 1. The smallest absolute Gasteiger partial charge is 0.246 e. The van der Waals surface area contributed by atoms with Crippen molar-refractivity contribution >= 4 is 23.6 Å². The van der Waals surface area contributed by atoms with Crippen LogP contribution in [0.4, 0.5) is 0 Å². The van der Waals surface area contributed by atoms with E-state index in [1.54, 1.807) is 44.6 Å². The number of rotatable bonds is 7. The molecule has 0 radical (unpaired) electrons. The van der Waals surface area contributed by atoms with Crippen LogP contribution in [0.25, 0.3) is 17.5 Å². The van der Waals surface area contributed by atoms with Gasteiger partial charge in [0.05, 0.1) is 20.8 Å². The van der Waals surface area contributed by atoms with Crippen LogP contribution in [0.1, 0.15) is 11.5 Å². The maximum absolute atomic E-state index is 12.6. The maximum Gasteiger partial charge on any atom is 0.246 e. The maximum atomic E-state index is 12.6. The molecule has 1 amide bonds. The molecule has 9 heteroatoms. The Morgan fingerprint density at radius 1 is 1.06 bits per heavy atom. The molecule has 0 saturated carbocycles. The van der Waals surface area contributed by atoms with Gasteiger partial charge in [-0.1, -0.05) is 16.8 Å². The summed E-state index contributed by atoms with van der Waals surface area (Å²) in [6.45, 7) is 3.25. The minimum atomic E-state index is -0.0285. The minimum Gasteiger partial charge on any atom is -0.497 e. The zero-order chi connectivity index (χ0) is 23.2. The lowest BCUT2D eigenvalue weighted by Gasteiger charge is -2.33. The number of methoxy groups -OCH3 is 2. The first kappa shape index (κ1) is 22.8. The molecule has 33 heavy (non-hydrogen) atoms. The third kappa shape index (κ3) is 5.91. The standard InChI is InChI=1S/C24H25ClN4O4/c1-31-20-13-17(14-21(15-20)32-2)3-8-23(30)29-11-9-28(10-12-29)16-22-26-24(27-33-22)18-4-6-19(25)7-5-18/h3-8,13-15H,9-12,16H2,1-2H3/b8-3+. The molecule has 1 saturated heterocycles. The SMILES string of the molecule is COc1cc(/C=C/C(=O)N2CCN(Cc3nc(-c4ccc(Cl)cc4)no3)CC2)cc(OC)c1. The number of nitrogens with zero attached hydrogens (tertiary/aromatic N) is 4. The van der Waals surface area contributed by atoms with E-state index in [0.29, 0.717) is 47.9 Å². The van der Waals surface area contributed by atoms with Gasteiger partial charge in [-0.15, -0.1) is 0 Å². The molecule has 0 bridgehead atoms. The zero-order valence-electron chi connectivity index (χ0n) is 18.5. The van der Waals surface area contributed by atoms with Gasteiger partial charge in [0.15, 0.2) is 0 Å². The van der Waals surface area contributed by atoms with Gasteiger partial charge in [0.2, 0.25) is 17.6 Å². The van der Waals surface area contributed by atoms with Gasteiger partial charge >= 0.3 is 0 Å². The van der Waals surface area contributed by atoms with E-state index in [1.165, 1.54) is 0 Å². The second-order valence-corrected chi connectivity index (χ2v) is 8.04. The Labute approximate surface area is 197 Å². The van der Waals surface area contributed by atoms with Gasteiger partial charge in [0.25, 0.3) is 0 Å². The van der Waals surface area contributed by atoms with Gasteiger partial charge in [-0.05, 0) is 48.0 Å². The second kappa shape index (κ2) is 10.5. The van der Waals surface area contributed by atoms with E-state index in [9.17, 15) is 4.79 Å². The number of benzene rings is 2. The van der Waals surface area contributed by atoms with Crippen molar-refractivity contribution in [1.82, 2.24) is 19.9 Å². The lowest BCUT2D eigenvalue weighted by Crippen LogP contribution is -2.47. The zero-order valence-corrected chi connectivity index (χ0v) is 19.3. The highest BCUT2D eigenvalue weighted by Crippen LogP contribution is 2.23. The number of carbonyl (C=O) groups excluding carboxylic acids is 1. The van der Waals surface area contributed by atoms with E-state index in [1.807, 2.05) is 29.2 Å². The summed E-state index contributed by atoms with van der Waals surface area (Å²) < 4.78 is 16.0. The van der Waals surface area contributed by atoms with Crippen molar-refractivity contribution in [1.29, 1.82) is 0 Å². The lowest BCUT2D eigenvalue weighted by molar-refractivity contribution is -0.127. The molecule has 8 nitrogen and oxygen atoms in total. The van der Waals surface area contributed by atoms with Crippen LogP contribution in [0.3, 0.4) is 0 Å². The Bertz CT molecular complexity index is 1100. The number of hydrogen-bond acceptors (Lipinski definition) is 7. The third-order valence-electron chi connectivity index (χ3n) is 5.41. The Morgan fingerprint density at radius 3 is 2.36 bits per heavy atom. The third-order valence-corrected chi connectivity index (χ3v) is 5.66. The average Bonchev–Trinajstić information content (AvgIpc) is 3.31.